The Bertz CT molecular complexity index is 677. The minimum absolute atomic E-state index is 0.0217. The molecule has 110 valence electrons. The molecule has 0 unspecified atom stereocenters. The molecule has 0 aliphatic rings. The maximum Gasteiger partial charge on any atom is 0.273 e. The lowest BCUT2D eigenvalue weighted by Crippen LogP contribution is -2.03. The first-order valence-corrected chi connectivity index (χ1v) is 6.14. The summed E-state index contributed by atoms with van der Waals surface area (Å²) in [5, 5.41) is 16.5. The fourth-order valence-electron chi connectivity index (χ4n) is 1.84. The second kappa shape index (κ2) is 6.17. The van der Waals surface area contributed by atoms with Crippen LogP contribution in [-0.2, 0) is 6.54 Å². The number of anilines is 2. The SMILES string of the molecule is CNc1cc(NCc2cc(F)ccc2F)cc([N+](=O)[O-])c1. The molecule has 0 atom stereocenters. The zero-order valence-corrected chi connectivity index (χ0v) is 11.2. The predicted molar refractivity (Wildman–Crippen MR) is 76.3 cm³/mol. The Kier molecular flexibility index (Phi) is 4.32. The zero-order valence-electron chi connectivity index (χ0n) is 11.2. The summed E-state index contributed by atoms with van der Waals surface area (Å²) in [6.07, 6.45) is 0. The lowest BCUT2D eigenvalue weighted by atomic mass is 10.2. The van der Waals surface area contributed by atoms with Gasteiger partial charge in [-0.2, -0.15) is 0 Å². The van der Waals surface area contributed by atoms with Gasteiger partial charge >= 0.3 is 0 Å². The van der Waals surface area contributed by atoms with E-state index in [1.807, 2.05) is 0 Å². The van der Waals surface area contributed by atoms with Crippen molar-refractivity contribution in [2.75, 3.05) is 17.7 Å². The van der Waals surface area contributed by atoms with Gasteiger partial charge in [0.1, 0.15) is 11.6 Å². The van der Waals surface area contributed by atoms with Gasteiger partial charge in [-0.05, 0) is 24.3 Å². The van der Waals surface area contributed by atoms with Crippen molar-refractivity contribution >= 4 is 17.1 Å². The molecule has 0 spiro atoms. The largest absolute Gasteiger partial charge is 0.388 e. The first kappa shape index (κ1) is 14.7. The number of benzene rings is 2. The third-order valence-corrected chi connectivity index (χ3v) is 2.91. The van der Waals surface area contributed by atoms with Crippen molar-refractivity contribution in [2.45, 2.75) is 6.54 Å². The summed E-state index contributed by atoms with van der Waals surface area (Å²) in [6, 6.07) is 7.51. The fourth-order valence-corrected chi connectivity index (χ4v) is 1.84. The van der Waals surface area contributed by atoms with Crippen molar-refractivity contribution < 1.29 is 13.7 Å². The molecular formula is C14H13F2N3O2. The monoisotopic (exact) mass is 293 g/mol. The van der Waals surface area contributed by atoms with E-state index in [2.05, 4.69) is 10.6 Å². The highest BCUT2D eigenvalue weighted by Gasteiger charge is 2.10. The van der Waals surface area contributed by atoms with Crippen molar-refractivity contribution in [3.05, 3.63) is 63.7 Å². The predicted octanol–water partition coefficient (Wildman–Crippen LogP) is 3.53. The summed E-state index contributed by atoms with van der Waals surface area (Å²) < 4.78 is 26.6. The number of halogens is 2. The number of non-ortho nitro benzene ring substituents is 1. The average molecular weight is 293 g/mol. The lowest BCUT2D eigenvalue weighted by Gasteiger charge is -2.09. The second-order valence-corrected chi connectivity index (χ2v) is 4.36. The van der Waals surface area contributed by atoms with E-state index < -0.39 is 16.6 Å². The molecule has 2 rings (SSSR count). The Hall–Kier alpha value is -2.70. The number of hydrogen-bond acceptors (Lipinski definition) is 4. The zero-order chi connectivity index (χ0) is 15.4. The van der Waals surface area contributed by atoms with Crippen molar-refractivity contribution in [3.8, 4) is 0 Å². The van der Waals surface area contributed by atoms with E-state index in [1.54, 1.807) is 13.1 Å². The van der Waals surface area contributed by atoms with E-state index in [0.29, 0.717) is 11.4 Å². The van der Waals surface area contributed by atoms with Gasteiger partial charge in [0, 0.05) is 42.7 Å². The summed E-state index contributed by atoms with van der Waals surface area (Å²) in [5.41, 5.74) is 1.04. The summed E-state index contributed by atoms with van der Waals surface area (Å²) in [5.74, 6) is -1.08. The first-order valence-electron chi connectivity index (χ1n) is 6.14. The average Bonchev–Trinajstić information content (AvgIpc) is 2.47. The van der Waals surface area contributed by atoms with E-state index in [0.717, 1.165) is 18.2 Å². The van der Waals surface area contributed by atoms with Crippen LogP contribution in [-0.4, -0.2) is 12.0 Å². The smallest absolute Gasteiger partial charge is 0.273 e. The Morgan fingerprint density at radius 2 is 1.86 bits per heavy atom. The topological polar surface area (TPSA) is 67.2 Å². The number of nitrogens with one attached hydrogen (secondary N) is 2. The highest BCUT2D eigenvalue weighted by atomic mass is 19.1. The second-order valence-electron chi connectivity index (χ2n) is 4.36. The minimum Gasteiger partial charge on any atom is -0.388 e. The molecule has 2 N–H and O–H groups in total. The molecule has 7 heteroatoms. The van der Waals surface area contributed by atoms with Crippen molar-refractivity contribution in [3.63, 3.8) is 0 Å². The van der Waals surface area contributed by atoms with Crippen LogP contribution in [0.3, 0.4) is 0 Å². The van der Waals surface area contributed by atoms with Crippen LogP contribution in [0.5, 0.6) is 0 Å². The van der Waals surface area contributed by atoms with Crippen LogP contribution >= 0.6 is 0 Å². The quantitative estimate of drug-likeness (QED) is 0.653. The molecule has 21 heavy (non-hydrogen) atoms. The Morgan fingerprint density at radius 3 is 2.52 bits per heavy atom. The van der Waals surface area contributed by atoms with Crippen LogP contribution in [0.25, 0.3) is 0 Å². The van der Waals surface area contributed by atoms with Crippen molar-refractivity contribution in [2.24, 2.45) is 0 Å². The molecule has 2 aromatic rings. The summed E-state index contributed by atoms with van der Waals surface area (Å²) in [7, 11) is 1.63. The molecule has 0 amide bonds. The van der Waals surface area contributed by atoms with Gasteiger partial charge in [-0.1, -0.05) is 0 Å². The van der Waals surface area contributed by atoms with Crippen LogP contribution in [0.4, 0.5) is 25.8 Å². The van der Waals surface area contributed by atoms with Gasteiger partial charge in [0.2, 0.25) is 0 Å². The molecule has 0 saturated heterocycles. The number of rotatable bonds is 5. The standard InChI is InChI=1S/C14H13F2N3O2/c1-17-11-5-12(7-13(6-11)19(20)21)18-8-9-4-10(15)2-3-14(9)16/h2-7,17-18H,8H2,1H3. The molecule has 5 nitrogen and oxygen atoms in total. The summed E-state index contributed by atoms with van der Waals surface area (Å²) in [6.45, 7) is 0.0217. The maximum atomic E-state index is 13.5. The number of hydrogen-bond donors (Lipinski definition) is 2. The van der Waals surface area contributed by atoms with Crippen LogP contribution < -0.4 is 10.6 Å². The number of nitrogens with zero attached hydrogens (tertiary/aromatic N) is 1. The van der Waals surface area contributed by atoms with Gasteiger partial charge in [-0.3, -0.25) is 10.1 Å². The third kappa shape index (κ3) is 3.65. The van der Waals surface area contributed by atoms with Crippen LogP contribution in [0.1, 0.15) is 5.56 Å². The van der Waals surface area contributed by atoms with Crippen LogP contribution in [0, 0.1) is 21.7 Å². The minimum atomic E-state index is -0.539. The maximum absolute atomic E-state index is 13.5. The number of nitro groups is 1. The molecule has 2 aromatic carbocycles. The van der Waals surface area contributed by atoms with Crippen LogP contribution in [0.15, 0.2) is 36.4 Å². The van der Waals surface area contributed by atoms with Gasteiger partial charge in [-0.25, -0.2) is 8.78 Å². The molecule has 0 bridgehead atoms. The van der Waals surface area contributed by atoms with E-state index in [1.165, 1.54) is 12.1 Å². The van der Waals surface area contributed by atoms with Gasteiger partial charge < -0.3 is 10.6 Å². The Balaban J connectivity index is 2.21. The number of nitro benzene ring substituents is 1. The van der Waals surface area contributed by atoms with Crippen molar-refractivity contribution in [1.82, 2.24) is 0 Å². The van der Waals surface area contributed by atoms with Gasteiger partial charge in [-0.15, -0.1) is 0 Å². The molecule has 0 saturated carbocycles. The normalized spacial score (nSPS) is 10.2. The van der Waals surface area contributed by atoms with E-state index >= 15 is 0 Å². The molecule has 0 aromatic heterocycles. The van der Waals surface area contributed by atoms with E-state index in [9.17, 15) is 18.9 Å². The van der Waals surface area contributed by atoms with Gasteiger partial charge in [0.25, 0.3) is 5.69 Å². The van der Waals surface area contributed by atoms with E-state index in [-0.39, 0.29) is 17.8 Å². The lowest BCUT2D eigenvalue weighted by molar-refractivity contribution is -0.384. The molecule has 0 heterocycles. The van der Waals surface area contributed by atoms with E-state index in [4.69, 9.17) is 0 Å². The summed E-state index contributed by atoms with van der Waals surface area (Å²) in [4.78, 5) is 10.3. The molecule has 0 aliphatic carbocycles. The van der Waals surface area contributed by atoms with Crippen LogP contribution in [0.2, 0.25) is 0 Å². The Labute approximate surface area is 119 Å². The first-order chi connectivity index (χ1) is 9.99. The molecule has 0 radical (unpaired) electrons. The van der Waals surface area contributed by atoms with Gasteiger partial charge in [0.05, 0.1) is 4.92 Å². The summed E-state index contributed by atoms with van der Waals surface area (Å²) >= 11 is 0. The molecule has 0 fully saturated rings. The third-order valence-electron chi connectivity index (χ3n) is 2.91. The molecular weight excluding hydrogens is 280 g/mol. The highest BCUT2D eigenvalue weighted by Crippen LogP contribution is 2.24. The fraction of sp³-hybridized carbons (Fsp3) is 0.143. The highest BCUT2D eigenvalue weighted by molar-refractivity contribution is 5.63. The van der Waals surface area contributed by atoms with Gasteiger partial charge in [0.15, 0.2) is 0 Å². The van der Waals surface area contributed by atoms with Crippen molar-refractivity contribution in [1.29, 1.82) is 0 Å². The Morgan fingerprint density at radius 1 is 1.14 bits per heavy atom. The molecule has 0 aliphatic heterocycles.